The fourth-order valence-corrected chi connectivity index (χ4v) is 3.39. The van der Waals surface area contributed by atoms with Gasteiger partial charge in [-0.2, -0.15) is 0 Å². The second-order valence-corrected chi connectivity index (χ2v) is 6.21. The minimum absolute atomic E-state index is 0.728. The Hall–Kier alpha value is -0.860. The Morgan fingerprint density at radius 3 is 2.84 bits per heavy atom. The maximum Gasteiger partial charge on any atom is 0.0506 e. The van der Waals surface area contributed by atoms with Crippen LogP contribution in [0.25, 0.3) is 0 Å². The van der Waals surface area contributed by atoms with E-state index in [0.29, 0.717) is 0 Å². The van der Waals surface area contributed by atoms with Crippen LogP contribution < -0.4 is 5.32 Å². The van der Waals surface area contributed by atoms with Crippen LogP contribution in [0.15, 0.2) is 24.3 Å². The molecule has 1 aromatic rings. The molecule has 3 rings (SSSR count). The first-order valence-corrected chi connectivity index (χ1v) is 7.69. The molecule has 1 saturated carbocycles. The van der Waals surface area contributed by atoms with Gasteiger partial charge in [-0.05, 0) is 55.6 Å². The van der Waals surface area contributed by atoms with Crippen molar-refractivity contribution in [2.75, 3.05) is 19.8 Å². The van der Waals surface area contributed by atoms with Crippen molar-refractivity contribution >= 4 is 0 Å². The number of hydrogen-bond acceptors (Lipinski definition) is 2. The molecule has 2 nitrogen and oxygen atoms in total. The predicted octanol–water partition coefficient (Wildman–Crippen LogP) is 3.26. The van der Waals surface area contributed by atoms with Crippen LogP contribution in [-0.2, 0) is 4.74 Å². The molecular weight excluding hydrogens is 234 g/mol. The first-order chi connectivity index (χ1) is 9.33. The SMILES string of the molecule is Cc1ccccc1C1CC(NCC2CCCOC2)C1. The van der Waals surface area contributed by atoms with Crippen LogP contribution in [0.1, 0.15) is 42.7 Å². The lowest BCUT2D eigenvalue weighted by molar-refractivity contribution is 0.0521. The van der Waals surface area contributed by atoms with Crippen LogP contribution in [0, 0.1) is 12.8 Å². The van der Waals surface area contributed by atoms with E-state index in [-0.39, 0.29) is 0 Å². The lowest BCUT2D eigenvalue weighted by Crippen LogP contribution is -2.43. The molecule has 1 aromatic carbocycles. The van der Waals surface area contributed by atoms with E-state index in [0.717, 1.165) is 37.6 Å². The van der Waals surface area contributed by atoms with E-state index in [1.165, 1.54) is 31.2 Å². The largest absolute Gasteiger partial charge is 0.381 e. The van der Waals surface area contributed by atoms with Crippen molar-refractivity contribution in [2.24, 2.45) is 5.92 Å². The molecule has 0 bridgehead atoms. The summed E-state index contributed by atoms with van der Waals surface area (Å²) < 4.78 is 5.53. The molecule has 0 radical (unpaired) electrons. The van der Waals surface area contributed by atoms with Gasteiger partial charge in [0, 0.05) is 19.2 Å². The zero-order valence-electron chi connectivity index (χ0n) is 11.9. The van der Waals surface area contributed by atoms with Gasteiger partial charge in [0.25, 0.3) is 0 Å². The number of aryl methyl sites for hydroxylation is 1. The third kappa shape index (κ3) is 3.18. The Bertz CT molecular complexity index is 405. The molecule has 1 saturated heterocycles. The summed E-state index contributed by atoms with van der Waals surface area (Å²) in [6, 6.07) is 9.56. The van der Waals surface area contributed by atoms with Gasteiger partial charge in [0.2, 0.25) is 0 Å². The quantitative estimate of drug-likeness (QED) is 0.896. The summed E-state index contributed by atoms with van der Waals surface area (Å²) in [6.07, 6.45) is 5.18. The Morgan fingerprint density at radius 2 is 2.11 bits per heavy atom. The summed E-state index contributed by atoms with van der Waals surface area (Å²) in [5.41, 5.74) is 3.01. The minimum atomic E-state index is 0.728. The molecule has 2 fully saturated rings. The fourth-order valence-electron chi connectivity index (χ4n) is 3.39. The topological polar surface area (TPSA) is 21.3 Å². The van der Waals surface area contributed by atoms with Crippen LogP contribution in [0.4, 0.5) is 0 Å². The lowest BCUT2D eigenvalue weighted by atomic mass is 9.74. The summed E-state index contributed by atoms with van der Waals surface area (Å²) in [6.45, 7) is 5.30. The molecule has 1 heterocycles. The van der Waals surface area contributed by atoms with Gasteiger partial charge in [-0.3, -0.25) is 0 Å². The van der Waals surface area contributed by atoms with Crippen molar-refractivity contribution < 1.29 is 4.74 Å². The normalized spacial score (nSPS) is 30.9. The maximum atomic E-state index is 5.53. The van der Waals surface area contributed by atoms with Crippen molar-refractivity contribution in [2.45, 2.75) is 44.6 Å². The van der Waals surface area contributed by atoms with Crippen molar-refractivity contribution in [1.29, 1.82) is 0 Å². The van der Waals surface area contributed by atoms with Gasteiger partial charge in [0.1, 0.15) is 0 Å². The summed E-state index contributed by atoms with van der Waals surface area (Å²) in [7, 11) is 0. The van der Waals surface area contributed by atoms with Crippen LogP contribution in [0.3, 0.4) is 0 Å². The molecular formula is C17H25NO. The molecule has 1 aliphatic heterocycles. The van der Waals surface area contributed by atoms with Gasteiger partial charge < -0.3 is 10.1 Å². The molecule has 1 atom stereocenters. The number of rotatable bonds is 4. The van der Waals surface area contributed by atoms with Gasteiger partial charge in [0.05, 0.1) is 6.61 Å². The first kappa shape index (κ1) is 13.1. The number of nitrogens with one attached hydrogen (secondary N) is 1. The van der Waals surface area contributed by atoms with Crippen molar-refractivity contribution in [1.82, 2.24) is 5.32 Å². The number of benzene rings is 1. The first-order valence-electron chi connectivity index (χ1n) is 7.69. The van der Waals surface area contributed by atoms with E-state index in [1.807, 2.05) is 0 Å². The highest BCUT2D eigenvalue weighted by Gasteiger charge is 2.31. The highest BCUT2D eigenvalue weighted by molar-refractivity contribution is 5.31. The lowest BCUT2D eigenvalue weighted by Gasteiger charge is -2.38. The highest BCUT2D eigenvalue weighted by Crippen LogP contribution is 2.38. The van der Waals surface area contributed by atoms with E-state index in [4.69, 9.17) is 4.74 Å². The average molecular weight is 259 g/mol. The molecule has 19 heavy (non-hydrogen) atoms. The molecule has 1 aliphatic carbocycles. The highest BCUT2D eigenvalue weighted by atomic mass is 16.5. The van der Waals surface area contributed by atoms with Crippen molar-refractivity contribution in [3.05, 3.63) is 35.4 Å². The van der Waals surface area contributed by atoms with Crippen LogP contribution in [0.2, 0.25) is 0 Å². The van der Waals surface area contributed by atoms with Gasteiger partial charge in [0.15, 0.2) is 0 Å². The molecule has 2 heteroatoms. The Kier molecular flexibility index (Phi) is 4.19. The van der Waals surface area contributed by atoms with E-state index in [1.54, 1.807) is 5.56 Å². The van der Waals surface area contributed by atoms with Crippen LogP contribution >= 0.6 is 0 Å². The molecule has 1 unspecified atom stereocenters. The van der Waals surface area contributed by atoms with Crippen LogP contribution in [0.5, 0.6) is 0 Å². The minimum Gasteiger partial charge on any atom is -0.381 e. The second-order valence-electron chi connectivity index (χ2n) is 6.21. The monoisotopic (exact) mass is 259 g/mol. The summed E-state index contributed by atoms with van der Waals surface area (Å²) in [5.74, 6) is 1.52. The zero-order valence-corrected chi connectivity index (χ0v) is 11.9. The Balaban J connectivity index is 1.42. The van der Waals surface area contributed by atoms with Gasteiger partial charge in [-0.1, -0.05) is 24.3 Å². The smallest absolute Gasteiger partial charge is 0.0506 e. The third-order valence-corrected chi connectivity index (χ3v) is 4.72. The summed E-state index contributed by atoms with van der Waals surface area (Å²) in [5, 5.41) is 3.73. The molecule has 2 aliphatic rings. The Morgan fingerprint density at radius 1 is 1.26 bits per heavy atom. The Labute approximate surface area is 116 Å². The molecule has 1 N–H and O–H groups in total. The zero-order chi connectivity index (χ0) is 13.1. The molecule has 0 amide bonds. The standard InChI is InChI=1S/C17H25NO/c1-13-5-2-3-7-17(13)15-9-16(10-15)18-11-14-6-4-8-19-12-14/h2-3,5,7,14-16,18H,4,6,8-12H2,1H3. The van der Waals surface area contributed by atoms with E-state index in [2.05, 4.69) is 36.5 Å². The number of hydrogen-bond donors (Lipinski definition) is 1. The van der Waals surface area contributed by atoms with Crippen LogP contribution in [-0.4, -0.2) is 25.8 Å². The van der Waals surface area contributed by atoms with Gasteiger partial charge in [-0.25, -0.2) is 0 Å². The van der Waals surface area contributed by atoms with Crippen molar-refractivity contribution in [3.63, 3.8) is 0 Å². The molecule has 0 spiro atoms. The van der Waals surface area contributed by atoms with E-state index >= 15 is 0 Å². The molecule has 0 aromatic heterocycles. The van der Waals surface area contributed by atoms with E-state index in [9.17, 15) is 0 Å². The van der Waals surface area contributed by atoms with Gasteiger partial charge >= 0.3 is 0 Å². The summed E-state index contributed by atoms with van der Waals surface area (Å²) in [4.78, 5) is 0. The summed E-state index contributed by atoms with van der Waals surface area (Å²) >= 11 is 0. The van der Waals surface area contributed by atoms with Gasteiger partial charge in [-0.15, -0.1) is 0 Å². The number of ether oxygens (including phenoxy) is 1. The fraction of sp³-hybridized carbons (Fsp3) is 0.647. The van der Waals surface area contributed by atoms with Crippen molar-refractivity contribution in [3.8, 4) is 0 Å². The third-order valence-electron chi connectivity index (χ3n) is 4.72. The second kappa shape index (κ2) is 6.06. The predicted molar refractivity (Wildman–Crippen MR) is 78.5 cm³/mol. The van der Waals surface area contributed by atoms with E-state index < -0.39 is 0 Å². The maximum absolute atomic E-state index is 5.53. The molecule has 104 valence electrons. The average Bonchev–Trinajstić information content (AvgIpc) is 2.40.